The van der Waals surface area contributed by atoms with Crippen LogP contribution >= 0.6 is 0 Å². The van der Waals surface area contributed by atoms with Crippen molar-refractivity contribution >= 4 is 28.2 Å². The molecular formula is C18H21FN6O. The van der Waals surface area contributed by atoms with Crippen LogP contribution in [0.4, 0.5) is 21.8 Å². The molecule has 8 heteroatoms. The highest BCUT2D eigenvalue weighted by Gasteiger charge is 2.17. The maximum atomic E-state index is 12.8. The number of pyridine rings is 2. The highest BCUT2D eigenvalue weighted by atomic mass is 19.1. The van der Waals surface area contributed by atoms with Crippen molar-refractivity contribution in [2.75, 3.05) is 17.3 Å². The summed E-state index contributed by atoms with van der Waals surface area (Å²) in [4.78, 5) is 25.5. The number of hydrogen-bond donors (Lipinski definition) is 2. The predicted octanol–water partition coefficient (Wildman–Crippen LogP) is 3.11. The van der Waals surface area contributed by atoms with Gasteiger partial charge in [0.1, 0.15) is 24.1 Å². The van der Waals surface area contributed by atoms with Crippen LogP contribution in [0.3, 0.4) is 0 Å². The van der Waals surface area contributed by atoms with E-state index in [2.05, 4.69) is 25.6 Å². The van der Waals surface area contributed by atoms with Gasteiger partial charge < -0.3 is 15.2 Å². The Kier molecular flexibility index (Phi) is 4.83. The molecule has 0 radical (unpaired) electrons. The number of alkyl halides is 1. The van der Waals surface area contributed by atoms with E-state index >= 15 is 0 Å². The lowest BCUT2D eigenvalue weighted by Gasteiger charge is -2.23. The summed E-state index contributed by atoms with van der Waals surface area (Å²) in [5, 5.41) is 7.49. The molecule has 3 aromatic heterocycles. The third-order valence-corrected chi connectivity index (χ3v) is 3.60. The second kappa shape index (κ2) is 7.07. The number of nitrogens with one attached hydrogen (secondary N) is 2. The van der Waals surface area contributed by atoms with Gasteiger partial charge in [-0.2, -0.15) is 0 Å². The van der Waals surface area contributed by atoms with Crippen LogP contribution in [0.5, 0.6) is 0 Å². The summed E-state index contributed by atoms with van der Waals surface area (Å²) < 4.78 is 14.1. The van der Waals surface area contributed by atoms with Crippen molar-refractivity contribution in [1.29, 1.82) is 0 Å². The van der Waals surface area contributed by atoms with Gasteiger partial charge in [-0.3, -0.25) is 9.78 Å². The fourth-order valence-corrected chi connectivity index (χ4v) is 2.57. The molecule has 0 aliphatic rings. The number of hydrogen-bond acceptors (Lipinski definition) is 6. The largest absolute Gasteiger partial charge is 0.365 e. The highest BCUT2D eigenvalue weighted by molar-refractivity contribution is 5.93. The zero-order chi connectivity index (χ0) is 18.7. The van der Waals surface area contributed by atoms with Crippen molar-refractivity contribution in [3.05, 3.63) is 47.3 Å². The molecule has 0 bridgehead atoms. The van der Waals surface area contributed by atoms with Crippen LogP contribution in [0.2, 0.25) is 0 Å². The predicted molar refractivity (Wildman–Crippen MR) is 101 cm³/mol. The molecule has 0 aliphatic carbocycles. The van der Waals surface area contributed by atoms with Gasteiger partial charge in [0.05, 0.1) is 18.1 Å². The van der Waals surface area contributed by atoms with Crippen LogP contribution in [-0.2, 0) is 6.54 Å². The molecule has 0 atom stereocenters. The first-order valence-electron chi connectivity index (χ1n) is 8.29. The Morgan fingerprint density at radius 3 is 2.69 bits per heavy atom. The Bertz CT molecular complexity index is 965. The third-order valence-electron chi connectivity index (χ3n) is 3.60. The summed E-state index contributed by atoms with van der Waals surface area (Å²) >= 11 is 0. The van der Waals surface area contributed by atoms with Gasteiger partial charge in [-0.1, -0.05) is 0 Å². The average Bonchev–Trinajstić information content (AvgIpc) is 2.57. The van der Waals surface area contributed by atoms with E-state index in [-0.39, 0.29) is 17.6 Å². The molecule has 2 N–H and O–H groups in total. The fraction of sp³-hybridized carbons (Fsp3) is 0.333. The number of anilines is 3. The first-order chi connectivity index (χ1) is 12.4. The topological polar surface area (TPSA) is 84.7 Å². The van der Waals surface area contributed by atoms with Crippen molar-refractivity contribution in [2.45, 2.75) is 32.9 Å². The Morgan fingerprint density at radius 1 is 1.23 bits per heavy atom. The summed E-state index contributed by atoms with van der Waals surface area (Å²) in [6.07, 6.45) is 6.34. The molecule has 0 amide bonds. The molecule has 0 aliphatic heterocycles. The second-order valence-corrected chi connectivity index (χ2v) is 6.91. The smallest absolute Gasteiger partial charge is 0.262 e. The quantitative estimate of drug-likeness (QED) is 0.731. The van der Waals surface area contributed by atoms with Crippen molar-refractivity contribution in [3.8, 4) is 0 Å². The van der Waals surface area contributed by atoms with Crippen LogP contribution in [0.15, 0.2) is 41.7 Å². The minimum atomic E-state index is -0.604. The van der Waals surface area contributed by atoms with E-state index < -0.39 is 6.67 Å². The monoisotopic (exact) mass is 356 g/mol. The summed E-state index contributed by atoms with van der Waals surface area (Å²) in [6, 6.07) is 3.54. The van der Waals surface area contributed by atoms with E-state index in [9.17, 15) is 9.18 Å². The van der Waals surface area contributed by atoms with Gasteiger partial charge in [0.25, 0.3) is 5.56 Å². The lowest BCUT2D eigenvalue weighted by Crippen LogP contribution is -2.29. The van der Waals surface area contributed by atoms with Crippen LogP contribution in [-0.4, -0.2) is 31.7 Å². The van der Waals surface area contributed by atoms with E-state index in [0.717, 1.165) is 0 Å². The number of rotatable bonds is 5. The zero-order valence-electron chi connectivity index (χ0n) is 15.0. The first-order valence-corrected chi connectivity index (χ1v) is 8.29. The Balaban J connectivity index is 2.15. The second-order valence-electron chi connectivity index (χ2n) is 6.91. The number of aryl methyl sites for hydroxylation is 1. The van der Waals surface area contributed by atoms with E-state index in [1.54, 1.807) is 36.9 Å². The minimum Gasteiger partial charge on any atom is -0.365 e. The molecule has 0 saturated heterocycles. The molecule has 3 heterocycles. The molecule has 3 aromatic rings. The van der Waals surface area contributed by atoms with Gasteiger partial charge in [0, 0.05) is 24.1 Å². The van der Waals surface area contributed by atoms with Crippen molar-refractivity contribution in [3.63, 3.8) is 0 Å². The number of nitrogens with zero attached hydrogens (tertiary/aromatic N) is 4. The molecule has 7 nitrogen and oxygen atoms in total. The van der Waals surface area contributed by atoms with Gasteiger partial charge >= 0.3 is 0 Å². The van der Waals surface area contributed by atoms with Crippen molar-refractivity contribution in [2.24, 2.45) is 0 Å². The summed E-state index contributed by atoms with van der Waals surface area (Å²) in [7, 11) is 0. The van der Waals surface area contributed by atoms with Gasteiger partial charge in [-0.25, -0.2) is 14.4 Å². The SMILES string of the molecule is CC(C)(C)Nc1nc(Nc2cnccn2)cc2ccn(CCF)c(=O)c12. The molecule has 136 valence electrons. The molecule has 0 aromatic carbocycles. The van der Waals surface area contributed by atoms with Crippen LogP contribution in [0, 0.1) is 0 Å². The fourth-order valence-electron chi connectivity index (χ4n) is 2.57. The summed E-state index contributed by atoms with van der Waals surface area (Å²) in [5.41, 5.74) is -0.580. The summed E-state index contributed by atoms with van der Waals surface area (Å²) in [6.45, 7) is 5.35. The van der Waals surface area contributed by atoms with E-state index in [1.165, 1.54) is 4.57 Å². The maximum Gasteiger partial charge on any atom is 0.262 e. The van der Waals surface area contributed by atoms with Crippen LogP contribution < -0.4 is 16.2 Å². The van der Waals surface area contributed by atoms with Crippen LogP contribution in [0.1, 0.15) is 20.8 Å². The van der Waals surface area contributed by atoms with Crippen molar-refractivity contribution in [1.82, 2.24) is 19.5 Å². The Morgan fingerprint density at radius 2 is 2.04 bits per heavy atom. The number of halogens is 1. The van der Waals surface area contributed by atoms with E-state index in [1.807, 2.05) is 20.8 Å². The molecular weight excluding hydrogens is 335 g/mol. The lowest BCUT2D eigenvalue weighted by molar-refractivity contribution is 0.441. The zero-order valence-corrected chi connectivity index (χ0v) is 15.0. The maximum absolute atomic E-state index is 12.8. The standard InChI is InChI=1S/C18H21FN6O/c1-18(2,3)24-16-15-12(4-8-25(9-5-19)17(15)26)10-13(23-16)22-14-11-20-6-7-21-14/h4,6-8,10-11H,5,9H2,1-3H3,(H2,21,22,23,24). The Labute approximate surface area is 150 Å². The van der Waals surface area contributed by atoms with Gasteiger partial charge in [0.15, 0.2) is 0 Å². The molecule has 0 unspecified atom stereocenters. The van der Waals surface area contributed by atoms with Gasteiger partial charge in [-0.15, -0.1) is 0 Å². The van der Waals surface area contributed by atoms with Gasteiger partial charge in [0.2, 0.25) is 0 Å². The van der Waals surface area contributed by atoms with Crippen LogP contribution in [0.25, 0.3) is 10.8 Å². The van der Waals surface area contributed by atoms with E-state index in [0.29, 0.717) is 28.2 Å². The molecule has 0 spiro atoms. The lowest BCUT2D eigenvalue weighted by atomic mass is 10.1. The third kappa shape index (κ3) is 3.96. The molecule has 26 heavy (non-hydrogen) atoms. The van der Waals surface area contributed by atoms with Gasteiger partial charge in [-0.05, 0) is 38.3 Å². The summed E-state index contributed by atoms with van der Waals surface area (Å²) in [5.74, 6) is 1.53. The first kappa shape index (κ1) is 17.8. The van der Waals surface area contributed by atoms with Crippen molar-refractivity contribution < 1.29 is 4.39 Å². The molecule has 0 fully saturated rings. The number of fused-ring (bicyclic) bond motifs is 1. The highest BCUT2D eigenvalue weighted by Crippen LogP contribution is 2.25. The Hall–Kier alpha value is -3.03. The normalized spacial score (nSPS) is 11.5. The number of aromatic nitrogens is 4. The average molecular weight is 356 g/mol. The molecule has 0 saturated carbocycles. The molecule has 3 rings (SSSR count). The van der Waals surface area contributed by atoms with E-state index in [4.69, 9.17) is 0 Å². The minimum absolute atomic E-state index is 0.0172.